The topological polar surface area (TPSA) is 45.0 Å². The lowest BCUT2D eigenvalue weighted by atomic mass is 10.1. The predicted molar refractivity (Wildman–Crippen MR) is 68.9 cm³/mol. The van der Waals surface area contributed by atoms with Gasteiger partial charge in [-0.2, -0.15) is 5.26 Å². The van der Waals surface area contributed by atoms with Gasteiger partial charge in [-0.3, -0.25) is 5.32 Å². The van der Waals surface area contributed by atoms with Gasteiger partial charge < -0.3 is 4.74 Å². The molecule has 0 aliphatic heterocycles. The predicted octanol–water partition coefficient (Wildman–Crippen LogP) is 3.04. The summed E-state index contributed by atoms with van der Waals surface area (Å²) >= 11 is 0. The SMILES string of the molecule is CCOc1ccccc1C(C#N)NC(C)CC. The number of nitrogens with zero attached hydrogens (tertiary/aromatic N) is 1. The number of hydrogen-bond donors (Lipinski definition) is 1. The van der Waals surface area contributed by atoms with E-state index in [1.165, 1.54) is 0 Å². The first kappa shape index (κ1) is 13.5. The number of nitriles is 1. The molecule has 1 rings (SSSR count). The highest BCUT2D eigenvalue weighted by atomic mass is 16.5. The van der Waals surface area contributed by atoms with Crippen molar-refractivity contribution in [3.8, 4) is 11.8 Å². The van der Waals surface area contributed by atoms with Crippen molar-refractivity contribution in [1.82, 2.24) is 5.32 Å². The van der Waals surface area contributed by atoms with E-state index in [1.807, 2.05) is 31.2 Å². The second kappa shape index (κ2) is 6.93. The fraction of sp³-hybridized carbons (Fsp3) is 0.500. The maximum absolute atomic E-state index is 9.25. The quantitative estimate of drug-likeness (QED) is 0.820. The molecule has 0 bridgehead atoms. The summed E-state index contributed by atoms with van der Waals surface area (Å²) in [5, 5.41) is 12.5. The summed E-state index contributed by atoms with van der Waals surface area (Å²) in [7, 11) is 0. The summed E-state index contributed by atoms with van der Waals surface area (Å²) in [6, 6.07) is 9.99. The van der Waals surface area contributed by atoms with Crippen LogP contribution < -0.4 is 10.1 Å². The lowest BCUT2D eigenvalue weighted by Crippen LogP contribution is -2.29. The van der Waals surface area contributed by atoms with Crippen LogP contribution in [0.5, 0.6) is 5.75 Å². The summed E-state index contributed by atoms with van der Waals surface area (Å²) in [6.45, 7) is 6.73. The van der Waals surface area contributed by atoms with Crippen LogP contribution >= 0.6 is 0 Å². The van der Waals surface area contributed by atoms with Gasteiger partial charge in [0, 0.05) is 11.6 Å². The van der Waals surface area contributed by atoms with Gasteiger partial charge in [0.1, 0.15) is 11.8 Å². The van der Waals surface area contributed by atoms with E-state index in [4.69, 9.17) is 4.74 Å². The van der Waals surface area contributed by atoms with Gasteiger partial charge in [-0.1, -0.05) is 25.1 Å². The van der Waals surface area contributed by atoms with Crippen LogP contribution in [0.1, 0.15) is 38.8 Å². The Kier molecular flexibility index (Phi) is 5.51. The molecular formula is C14H20N2O. The van der Waals surface area contributed by atoms with E-state index in [1.54, 1.807) is 0 Å². The Labute approximate surface area is 103 Å². The highest BCUT2D eigenvalue weighted by molar-refractivity contribution is 5.38. The molecule has 0 saturated carbocycles. The number of benzene rings is 1. The van der Waals surface area contributed by atoms with Crippen molar-refractivity contribution < 1.29 is 4.74 Å². The molecule has 0 fully saturated rings. The molecule has 2 unspecified atom stereocenters. The van der Waals surface area contributed by atoms with Crippen LogP contribution in [-0.4, -0.2) is 12.6 Å². The van der Waals surface area contributed by atoms with Gasteiger partial charge in [0.2, 0.25) is 0 Å². The molecule has 92 valence electrons. The van der Waals surface area contributed by atoms with Gasteiger partial charge in [-0.05, 0) is 26.3 Å². The monoisotopic (exact) mass is 232 g/mol. The van der Waals surface area contributed by atoms with Gasteiger partial charge in [0.05, 0.1) is 12.7 Å². The van der Waals surface area contributed by atoms with Crippen LogP contribution in [0.15, 0.2) is 24.3 Å². The van der Waals surface area contributed by atoms with Gasteiger partial charge in [-0.25, -0.2) is 0 Å². The van der Waals surface area contributed by atoms with E-state index in [0.717, 1.165) is 17.7 Å². The lowest BCUT2D eigenvalue weighted by molar-refractivity contribution is 0.332. The molecule has 17 heavy (non-hydrogen) atoms. The van der Waals surface area contributed by atoms with Crippen molar-refractivity contribution in [1.29, 1.82) is 5.26 Å². The smallest absolute Gasteiger partial charge is 0.125 e. The van der Waals surface area contributed by atoms with Gasteiger partial charge in [-0.15, -0.1) is 0 Å². The summed E-state index contributed by atoms with van der Waals surface area (Å²) in [5.41, 5.74) is 0.914. The van der Waals surface area contributed by atoms with Crippen molar-refractivity contribution in [2.75, 3.05) is 6.61 Å². The Morgan fingerprint density at radius 2 is 2.06 bits per heavy atom. The molecule has 0 spiro atoms. The number of ether oxygens (including phenoxy) is 1. The van der Waals surface area contributed by atoms with Gasteiger partial charge >= 0.3 is 0 Å². The molecule has 3 nitrogen and oxygen atoms in total. The second-order valence-corrected chi connectivity index (χ2v) is 4.01. The average Bonchev–Trinajstić information content (AvgIpc) is 2.37. The van der Waals surface area contributed by atoms with E-state index in [-0.39, 0.29) is 6.04 Å². The summed E-state index contributed by atoms with van der Waals surface area (Å²) < 4.78 is 5.54. The van der Waals surface area contributed by atoms with Crippen molar-refractivity contribution in [2.24, 2.45) is 0 Å². The molecule has 2 atom stereocenters. The zero-order chi connectivity index (χ0) is 12.7. The Balaban J connectivity index is 2.91. The maximum Gasteiger partial charge on any atom is 0.125 e. The Bertz CT molecular complexity index is 384. The number of rotatable bonds is 6. The van der Waals surface area contributed by atoms with Crippen LogP contribution in [-0.2, 0) is 0 Å². The first-order valence-electron chi connectivity index (χ1n) is 6.10. The van der Waals surface area contributed by atoms with Crippen molar-refractivity contribution in [2.45, 2.75) is 39.3 Å². The highest BCUT2D eigenvalue weighted by Crippen LogP contribution is 2.25. The second-order valence-electron chi connectivity index (χ2n) is 4.01. The van der Waals surface area contributed by atoms with Crippen LogP contribution in [0.25, 0.3) is 0 Å². The Morgan fingerprint density at radius 3 is 2.65 bits per heavy atom. The molecule has 0 aliphatic carbocycles. The van der Waals surface area contributed by atoms with E-state index in [2.05, 4.69) is 25.2 Å². The van der Waals surface area contributed by atoms with E-state index < -0.39 is 0 Å². The minimum absolute atomic E-state index is 0.312. The number of hydrogen-bond acceptors (Lipinski definition) is 3. The summed E-state index contributed by atoms with van der Waals surface area (Å²) in [4.78, 5) is 0. The molecule has 0 radical (unpaired) electrons. The van der Waals surface area contributed by atoms with Crippen LogP contribution in [0.3, 0.4) is 0 Å². The van der Waals surface area contributed by atoms with Crippen LogP contribution in [0.4, 0.5) is 0 Å². The highest BCUT2D eigenvalue weighted by Gasteiger charge is 2.16. The number of nitrogens with one attached hydrogen (secondary N) is 1. The molecule has 1 aromatic carbocycles. The molecule has 3 heteroatoms. The van der Waals surface area contributed by atoms with E-state index in [0.29, 0.717) is 12.6 Å². The zero-order valence-corrected chi connectivity index (χ0v) is 10.7. The molecule has 0 aromatic heterocycles. The normalized spacial score (nSPS) is 13.8. The molecule has 0 amide bonds. The molecule has 1 aromatic rings. The van der Waals surface area contributed by atoms with Gasteiger partial charge in [0.25, 0.3) is 0 Å². The van der Waals surface area contributed by atoms with Crippen molar-refractivity contribution in [3.05, 3.63) is 29.8 Å². The third-order valence-electron chi connectivity index (χ3n) is 2.72. The minimum Gasteiger partial charge on any atom is -0.493 e. The lowest BCUT2D eigenvalue weighted by Gasteiger charge is -2.19. The van der Waals surface area contributed by atoms with Crippen molar-refractivity contribution in [3.63, 3.8) is 0 Å². The molecule has 0 saturated heterocycles. The van der Waals surface area contributed by atoms with Gasteiger partial charge in [0.15, 0.2) is 0 Å². The van der Waals surface area contributed by atoms with Crippen LogP contribution in [0.2, 0.25) is 0 Å². The maximum atomic E-state index is 9.25. The fourth-order valence-corrected chi connectivity index (χ4v) is 1.60. The summed E-state index contributed by atoms with van der Waals surface area (Å²) in [6.07, 6.45) is 0.995. The minimum atomic E-state index is -0.312. The van der Waals surface area contributed by atoms with E-state index >= 15 is 0 Å². The number of para-hydroxylation sites is 1. The first-order valence-corrected chi connectivity index (χ1v) is 6.10. The standard InChI is InChI=1S/C14H20N2O/c1-4-11(3)16-13(10-15)12-8-6-7-9-14(12)17-5-2/h6-9,11,13,16H,4-5H2,1-3H3. The average molecular weight is 232 g/mol. The third kappa shape index (κ3) is 3.76. The summed E-state index contributed by atoms with van der Waals surface area (Å²) in [5.74, 6) is 0.789. The van der Waals surface area contributed by atoms with E-state index in [9.17, 15) is 5.26 Å². The fourth-order valence-electron chi connectivity index (χ4n) is 1.60. The van der Waals surface area contributed by atoms with Crippen LogP contribution in [0, 0.1) is 11.3 Å². The molecular weight excluding hydrogens is 212 g/mol. The third-order valence-corrected chi connectivity index (χ3v) is 2.72. The Hall–Kier alpha value is -1.53. The zero-order valence-electron chi connectivity index (χ0n) is 10.7. The van der Waals surface area contributed by atoms with Crippen molar-refractivity contribution >= 4 is 0 Å². The molecule has 1 N–H and O–H groups in total. The first-order chi connectivity index (χ1) is 8.22. The largest absolute Gasteiger partial charge is 0.493 e. The Morgan fingerprint density at radius 1 is 1.35 bits per heavy atom. The molecule has 0 aliphatic rings. The molecule has 0 heterocycles.